The first-order chi connectivity index (χ1) is 20.0. The number of amides is 5. The van der Waals surface area contributed by atoms with Crippen LogP contribution in [0.5, 0.6) is 0 Å². The van der Waals surface area contributed by atoms with E-state index in [0.717, 1.165) is 40.1 Å². The topological polar surface area (TPSA) is 142 Å². The van der Waals surface area contributed by atoms with E-state index in [9.17, 15) is 24.0 Å². The van der Waals surface area contributed by atoms with Crippen molar-refractivity contribution in [1.82, 2.24) is 15.5 Å². The maximum Gasteiger partial charge on any atom is 0.264 e. The van der Waals surface area contributed by atoms with Gasteiger partial charge in [0.15, 0.2) is 0 Å². The standard InChI is InChI=1S/C32H39N5O5/c1-17(2)23-15-19(14-18(3)28(23)33)16-34-29(39)20-8-10-21(11-9-20)36(4)24-7-5-6-22-27(24)32(42)37(31(22)41)25-12-13-26(38)35-30(25)40/h5-7,14-15,17,20-21,25H,8-13,16,33H2,1-4H3,(H,34,39)(H,35,38,40). The highest BCUT2D eigenvalue weighted by molar-refractivity contribution is 6.25. The molecule has 2 fully saturated rings. The van der Waals surface area contributed by atoms with Gasteiger partial charge in [-0.05, 0) is 73.8 Å². The molecular formula is C32H39N5O5. The van der Waals surface area contributed by atoms with Gasteiger partial charge in [-0.2, -0.15) is 0 Å². The minimum Gasteiger partial charge on any atom is -0.398 e. The van der Waals surface area contributed by atoms with Gasteiger partial charge in [0.2, 0.25) is 17.7 Å². The Balaban J connectivity index is 1.22. The SMILES string of the molecule is Cc1cc(CNC(=O)C2CCC(N(C)c3cccc4c3C(=O)N(C3CCC(=O)NC3=O)C4=O)CC2)cc(C(C)C)c1N. The third kappa shape index (κ3) is 5.37. The predicted molar refractivity (Wildman–Crippen MR) is 159 cm³/mol. The van der Waals surface area contributed by atoms with Crippen LogP contribution in [0.4, 0.5) is 11.4 Å². The van der Waals surface area contributed by atoms with Gasteiger partial charge in [-0.15, -0.1) is 0 Å². The minimum absolute atomic E-state index is 0.0398. The number of aryl methyl sites for hydroxylation is 1. The largest absolute Gasteiger partial charge is 0.398 e. The van der Waals surface area contributed by atoms with Crippen molar-refractivity contribution >= 4 is 40.9 Å². The molecule has 1 saturated heterocycles. The lowest BCUT2D eigenvalue weighted by molar-refractivity contribution is -0.136. The second-order valence-corrected chi connectivity index (χ2v) is 12.1. The van der Waals surface area contributed by atoms with Gasteiger partial charge in [0, 0.05) is 37.7 Å². The first-order valence-electron chi connectivity index (χ1n) is 14.7. The monoisotopic (exact) mass is 573 g/mol. The highest BCUT2D eigenvalue weighted by atomic mass is 16.2. The Hall–Kier alpha value is -4.21. The molecule has 5 rings (SSSR count). The van der Waals surface area contributed by atoms with Crippen LogP contribution in [0.25, 0.3) is 0 Å². The number of fused-ring (bicyclic) bond motifs is 1. The lowest BCUT2D eigenvalue weighted by atomic mass is 9.84. The highest BCUT2D eigenvalue weighted by Gasteiger charge is 2.46. The molecule has 222 valence electrons. The van der Waals surface area contributed by atoms with Crippen LogP contribution in [0, 0.1) is 12.8 Å². The van der Waals surface area contributed by atoms with Crippen LogP contribution in [0.2, 0.25) is 0 Å². The van der Waals surface area contributed by atoms with Crippen molar-refractivity contribution in [1.29, 1.82) is 0 Å². The molecule has 3 aliphatic rings. The molecule has 0 spiro atoms. The van der Waals surface area contributed by atoms with E-state index in [-0.39, 0.29) is 41.8 Å². The molecule has 0 bridgehead atoms. The van der Waals surface area contributed by atoms with E-state index in [2.05, 4.69) is 30.5 Å². The van der Waals surface area contributed by atoms with E-state index >= 15 is 0 Å². The lowest BCUT2D eigenvalue weighted by Gasteiger charge is -2.36. The Labute approximate surface area is 246 Å². The van der Waals surface area contributed by atoms with Crippen molar-refractivity contribution in [3.63, 3.8) is 0 Å². The summed E-state index contributed by atoms with van der Waals surface area (Å²) in [5.74, 6) is -1.82. The maximum atomic E-state index is 13.5. The molecule has 2 aliphatic heterocycles. The second kappa shape index (κ2) is 11.6. The molecule has 1 unspecified atom stereocenters. The Morgan fingerprint density at radius 3 is 2.45 bits per heavy atom. The smallest absolute Gasteiger partial charge is 0.264 e. The average Bonchev–Trinajstić information content (AvgIpc) is 3.22. The molecule has 42 heavy (non-hydrogen) atoms. The van der Waals surface area contributed by atoms with Crippen molar-refractivity contribution in [2.75, 3.05) is 17.7 Å². The highest BCUT2D eigenvalue weighted by Crippen LogP contribution is 2.37. The molecule has 1 aliphatic carbocycles. The molecule has 1 atom stereocenters. The van der Waals surface area contributed by atoms with E-state index in [1.54, 1.807) is 12.1 Å². The number of hydrogen-bond acceptors (Lipinski definition) is 7. The van der Waals surface area contributed by atoms with E-state index in [4.69, 9.17) is 5.73 Å². The summed E-state index contributed by atoms with van der Waals surface area (Å²) in [6.45, 7) is 6.65. The van der Waals surface area contributed by atoms with E-state index in [1.165, 1.54) is 0 Å². The fourth-order valence-electron chi connectivity index (χ4n) is 6.53. The van der Waals surface area contributed by atoms with Gasteiger partial charge in [-0.1, -0.05) is 32.0 Å². The summed E-state index contributed by atoms with van der Waals surface area (Å²) in [6.07, 6.45) is 3.13. The maximum absolute atomic E-state index is 13.5. The Bertz CT molecular complexity index is 1460. The van der Waals surface area contributed by atoms with Crippen LogP contribution >= 0.6 is 0 Å². The van der Waals surface area contributed by atoms with Crippen LogP contribution < -0.4 is 21.3 Å². The molecule has 0 aromatic heterocycles. The van der Waals surface area contributed by atoms with Crippen molar-refractivity contribution in [2.24, 2.45) is 5.92 Å². The summed E-state index contributed by atoms with van der Waals surface area (Å²) in [6, 6.07) is 8.35. The first kappa shape index (κ1) is 29.3. The van der Waals surface area contributed by atoms with Gasteiger partial charge in [-0.25, -0.2) is 0 Å². The fraction of sp³-hybridized carbons (Fsp3) is 0.469. The zero-order valence-electron chi connectivity index (χ0n) is 24.7. The summed E-state index contributed by atoms with van der Waals surface area (Å²) < 4.78 is 0. The van der Waals surface area contributed by atoms with E-state index < -0.39 is 29.7 Å². The van der Waals surface area contributed by atoms with Gasteiger partial charge in [-0.3, -0.25) is 34.2 Å². The van der Waals surface area contributed by atoms with Crippen molar-refractivity contribution in [3.8, 4) is 0 Å². The van der Waals surface area contributed by atoms with Gasteiger partial charge < -0.3 is 16.0 Å². The van der Waals surface area contributed by atoms with E-state index in [0.29, 0.717) is 31.0 Å². The molecule has 10 nitrogen and oxygen atoms in total. The quantitative estimate of drug-likeness (QED) is 0.340. The zero-order valence-corrected chi connectivity index (χ0v) is 24.7. The zero-order chi connectivity index (χ0) is 30.3. The summed E-state index contributed by atoms with van der Waals surface area (Å²) in [7, 11) is 1.91. The number of nitrogen functional groups attached to an aromatic ring is 1. The number of carbonyl (C=O) groups is 5. The van der Waals surface area contributed by atoms with Gasteiger partial charge in [0.1, 0.15) is 6.04 Å². The number of nitrogens with two attached hydrogens (primary N) is 1. The minimum atomic E-state index is -1.00. The molecular weight excluding hydrogens is 534 g/mol. The number of piperidine rings is 1. The van der Waals surface area contributed by atoms with Gasteiger partial charge >= 0.3 is 0 Å². The van der Waals surface area contributed by atoms with Gasteiger partial charge in [0.25, 0.3) is 11.8 Å². The Morgan fingerprint density at radius 2 is 1.79 bits per heavy atom. The lowest BCUT2D eigenvalue weighted by Crippen LogP contribution is -2.54. The molecule has 2 heterocycles. The fourth-order valence-corrected chi connectivity index (χ4v) is 6.53. The van der Waals surface area contributed by atoms with Crippen molar-refractivity contribution in [3.05, 3.63) is 58.1 Å². The average molecular weight is 574 g/mol. The van der Waals surface area contributed by atoms with Crippen LogP contribution in [0.1, 0.15) is 95.7 Å². The van der Waals surface area contributed by atoms with E-state index in [1.807, 2.05) is 31.0 Å². The third-order valence-corrected chi connectivity index (χ3v) is 9.01. The molecule has 0 radical (unpaired) electrons. The number of rotatable bonds is 7. The summed E-state index contributed by atoms with van der Waals surface area (Å²) in [4.78, 5) is 66.9. The van der Waals surface area contributed by atoms with Crippen LogP contribution in [-0.2, 0) is 20.9 Å². The number of nitrogens with zero attached hydrogens (tertiary/aromatic N) is 2. The molecule has 1 saturated carbocycles. The molecule has 2 aromatic rings. The van der Waals surface area contributed by atoms with Crippen LogP contribution in [-0.4, -0.2) is 53.6 Å². The number of hydrogen-bond donors (Lipinski definition) is 3. The van der Waals surface area contributed by atoms with Crippen LogP contribution in [0.15, 0.2) is 30.3 Å². The molecule has 10 heteroatoms. The summed E-state index contributed by atoms with van der Waals surface area (Å²) in [5.41, 5.74) is 11.4. The summed E-state index contributed by atoms with van der Waals surface area (Å²) >= 11 is 0. The summed E-state index contributed by atoms with van der Waals surface area (Å²) in [5, 5.41) is 5.34. The Morgan fingerprint density at radius 1 is 1.07 bits per heavy atom. The van der Waals surface area contributed by atoms with Gasteiger partial charge in [0.05, 0.1) is 16.8 Å². The van der Waals surface area contributed by atoms with Crippen molar-refractivity contribution in [2.45, 2.75) is 83.8 Å². The molecule has 2 aromatic carbocycles. The number of imide groups is 2. The number of nitrogens with one attached hydrogen (secondary N) is 2. The Kier molecular flexibility index (Phi) is 8.08. The number of anilines is 2. The number of benzene rings is 2. The first-order valence-corrected chi connectivity index (χ1v) is 14.7. The molecule has 4 N–H and O–H groups in total. The normalized spacial score (nSPS) is 22.3. The van der Waals surface area contributed by atoms with Crippen molar-refractivity contribution < 1.29 is 24.0 Å². The third-order valence-electron chi connectivity index (χ3n) is 9.01. The number of carbonyl (C=O) groups excluding carboxylic acids is 5. The molecule has 5 amide bonds. The predicted octanol–water partition coefficient (Wildman–Crippen LogP) is 3.41. The van der Waals surface area contributed by atoms with Crippen LogP contribution in [0.3, 0.4) is 0 Å². The second-order valence-electron chi connectivity index (χ2n) is 12.1.